The first-order valence-electron chi connectivity index (χ1n) is 11.8. The molecule has 0 spiro atoms. The van der Waals surface area contributed by atoms with Crippen molar-refractivity contribution in [3.8, 4) is 11.5 Å². The van der Waals surface area contributed by atoms with Crippen LogP contribution in [-0.4, -0.2) is 53.9 Å². The second kappa shape index (κ2) is 17.1. The fourth-order valence-electron chi connectivity index (χ4n) is 4.33. The van der Waals surface area contributed by atoms with E-state index in [0.717, 1.165) is 18.2 Å². The first-order valence-corrected chi connectivity index (χ1v) is 16.4. The Morgan fingerprint density at radius 1 is 0.700 bits per heavy atom. The summed E-state index contributed by atoms with van der Waals surface area (Å²) in [6, 6.07) is 6.02. The maximum absolute atomic E-state index is 13.3. The smallest absolute Gasteiger partial charge is 0.871 e. The molecule has 1 radical (unpaired) electrons. The SMILES string of the molecule is Nc1nc(Cl)nc(Nc2ccc3c(N=Nc4ccc5c(S(=O)(=O)[O-])cc(S(=O)(=O)[O-])c(N)c5c4[O-])c([O-])cc(S(=O)(=O)[O-])c3c2)n1.[Cu+2].[Na+].[Na+].[Na+]. The van der Waals surface area contributed by atoms with Gasteiger partial charge in [-0.2, -0.15) is 25.2 Å². The van der Waals surface area contributed by atoms with E-state index in [1.165, 1.54) is 12.1 Å². The normalized spacial score (nSPS) is 11.7. The third-order valence-corrected chi connectivity index (χ3v) is 8.98. The van der Waals surface area contributed by atoms with Gasteiger partial charge in [-0.3, -0.25) is 0 Å². The van der Waals surface area contributed by atoms with Crippen LogP contribution in [0.1, 0.15) is 0 Å². The molecular weight excluding hydrogens is 828 g/mol. The Kier molecular flexibility index (Phi) is 16.0. The zero-order chi connectivity index (χ0) is 33.9. The summed E-state index contributed by atoms with van der Waals surface area (Å²) in [5.41, 5.74) is 9.11. The van der Waals surface area contributed by atoms with E-state index in [4.69, 9.17) is 23.1 Å². The van der Waals surface area contributed by atoms with Crippen LogP contribution in [0.3, 0.4) is 0 Å². The number of hydrogen-bond acceptors (Lipinski definition) is 19. The van der Waals surface area contributed by atoms with E-state index in [9.17, 15) is 49.1 Å². The van der Waals surface area contributed by atoms with Crippen LogP contribution in [0, 0.1) is 0 Å². The number of nitrogen functional groups attached to an aromatic ring is 2. The number of nitrogens with zero attached hydrogens (tertiary/aromatic N) is 5. The number of benzene rings is 4. The molecular formula is C23H12ClCuN8Na3O11S3. The molecule has 0 aliphatic heterocycles. The Hall–Kier alpha value is -1.45. The molecule has 1 aromatic heterocycles. The minimum atomic E-state index is -5.48. The Labute approximate surface area is 364 Å². The molecule has 0 bridgehead atoms. The summed E-state index contributed by atoms with van der Waals surface area (Å²) in [6.07, 6.45) is 0. The zero-order valence-electron chi connectivity index (χ0n) is 25.3. The Balaban J connectivity index is 0.00000312. The number of nitrogens with one attached hydrogen (secondary N) is 1. The maximum atomic E-state index is 13.3. The number of aromatic nitrogens is 3. The molecule has 27 heteroatoms. The number of fused-ring (bicyclic) bond motifs is 2. The van der Waals surface area contributed by atoms with Gasteiger partial charge in [0.05, 0.1) is 31.7 Å². The summed E-state index contributed by atoms with van der Waals surface area (Å²) in [5, 5.41) is 33.9. The van der Waals surface area contributed by atoms with Crippen molar-refractivity contribution in [2.45, 2.75) is 14.7 Å². The molecule has 0 fully saturated rings. The predicted molar refractivity (Wildman–Crippen MR) is 152 cm³/mol. The van der Waals surface area contributed by atoms with Crippen molar-refractivity contribution in [2.75, 3.05) is 16.8 Å². The minimum absolute atomic E-state index is 0. The van der Waals surface area contributed by atoms with Crippen molar-refractivity contribution in [1.82, 2.24) is 15.0 Å². The van der Waals surface area contributed by atoms with E-state index in [-0.39, 0.29) is 145 Å². The summed E-state index contributed by atoms with van der Waals surface area (Å²) < 4.78 is 107. The van der Waals surface area contributed by atoms with Gasteiger partial charge in [0.15, 0.2) is 0 Å². The van der Waals surface area contributed by atoms with Gasteiger partial charge in [-0.1, -0.05) is 23.6 Å². The van der Waals surface area contributed by atoms with Gasteiger partial charge in [-0.15, -0.1) is 0 Å². The monoisotopic (exact) mass is 839 g/mol. The van der Waals surface area contributed by atoms with Crippen LogP contribution in [0.4, 0.5) is 34.6 Å². The topological polar surface area (TPSA) is 345 Å². The number of rotatable bonds is 7. The number of anilines is 4. The molecule has 5 rings (SSSR count). The van der Waals surface area contributed by atoms with Gasteiger partial charge in [-0.05, 0) is 41.9 Å². The number of nitrogens with two attached hydrogens (primary N) is 2. The summed E-state index contributed by atoms with van der Waals surface area (Å²) in [4.78, 5) is 7.68. The summed E-state index contributed by atoms with van der Waals surface area (Å²) >= 11 is 5.76. The molecule has 4 aromatic carbocycles. The molecule has 5 aromatic rings. The van der Waals surface area contributed by atoms with Crippen LogP contribution < -0.4 is 116 Å². The molecule has 0 atom stereocenters. The van der Waals surface area contributed by atoms with E-state index in [1.807, 2.05) is 0 Å². The second-order valence-corrected chi connectivity index (χ2v) is 13.5. The maximum Gasteiger partial charge on any atom is 2.00 e. The van der Waals surface area contributed by atoms with E-state index in [1.54, 1.807) is 0 Å². The molecule has 50 heavy (non-hydrogen) atoms. The van der Waals surface area contributed by atoms with Crippen molar-refractivity contribution < 1.29 is 155 Å². The summed E-state index contributed by atoms with van der Waals surface area (Å²) in [5.74, 6) is -2.83. The fraction of sp³-hybridized carbons (Fsp3) is 0. The third-order valence-electron chi connectivity index (χ3n) is 6.18. The predicted octanol–water partition coefficient (Wildman–Crippen LogP) is -7.98. The van der Waals surface area contributed by atoms with Gasteiger partial charge in [-0.25, -0.2) is 25.3 Å². The van der Waals surface area contributed by atoms with Crippen molar-refractivity contribution in [1.29, 1.82) is 0 Å². The quantitative estimate of drug-likeness (QED) is 0.0593. The first-order chi connectivity index (χ1) is 21.3. The van der Waals surface area contributed by atoms with Crippen molar-refractivity contribution >= 4 is 98.1 Å². The third kappa shape index (κ3) is 9.75. The van der Waals surface area contributed by atoms with Gasteiger partial charge in [0.25, 0.3) is 0 Å². The Bertz CT molecular complexity index is 2500. The molecule has 0 aliphatic rings. The van der Waals surface area contributed by atoms with Gasteiger partial charge < -0.3 is 40.7 Å². The Morgan fingerprint density at radius 3 is 1.82 bits per heavy atom. The van der Waals surface area contributed by atoms with Crippen LogP contribution in [-0.2, 0) is 47.4 Å². The van der Waals surface area contributed by atoms with E-state index in [0.29, 0.717) is 6.07 Å². The number of hydrogen-bond donors (Lipinski definition) is 3. The number of azo groups is 1. The van der Waals surface area contributed by atoms with Gasteiger partial charge in [0.1, 0.15) is 30.4 Å². The summed E-state index contributed by atoms with van der Waals surface area (Å²) in [7, 11) is -16.2. The van der Waals surface area contributed by atoms with E-state index >= 15 is 0 Å². The van der Waals surface area contributed by atoms with E-state index in [2.05, 4.69) is 30.5 Å². The largest absolute Gasteiger partial charge is 2.00 e. The van der Waals surface area contributed by atoms with E-state index < -0.39 is 84.4 Å². The molecule has 0 saturated heterocycles. The van der Waals surface area contributed by atoms with Crippen molar-refractivity contribution in [2.24, 2.45) is 10.2 Å². The standard InChI is InChI=1S/C23H17ClN8O11S3.Cu.3Na/c24-21-28-22(26)30-23(29-21)27-8-1-2-9-11(5-8)14(44(35,36)37)6-13(33)19(9)32-31-12-4-3-10-15(45(38,39)40)7-16(46(41,42)43)18(25)17(10)20(12)34;;;;/h1-7,33-34H,25H2,(H,35,36,37)(H,38,39,40)(H,41,42,43)(H3,26,27,28,29,30);;;;/q;+2;3*+1/p-5. The van der Waals surface area contributed by atoms with Crippen LogP contribution in [0.5, 0.6) is 11.5 Å². The molecule has 249 valence electrons. The first kappa shape index (κ1) is 46.6. The van der Waals surface area contributed by atoms with Crippen LogP contribution in [0.15, 0.2) is 67.4 Å². The Morgan fingerprint density at radius 2 is 1.26 bits per heavy atom. The summed E-state index contributed by atoms with van der Waals surface area (Å²) in [6.45, 7) is 0. The average Bonchev–Trinajstić information content (AvgIpc) is 2.90. The molecule has 19 nitrogen and oxygen atoms in total. The second-order valence-electron chi connectivity index (χ2n) is 9.08. The molecule has 0 amide bonds. The molecule has 1 heterocycles. The van der Waals surface area contributed by atoms with Crippen LogP contribution in [0.25, 0.3) is 21.5 Å². The van der Waals surface area contributed by atoms with Crippen LogP contribution >= 0.6 is 11.6 Å². The fourth-order valence-corrected chi connectivity index (χ4v) is 6.60. The van der Waals surface area contributed by atoms with Crippen LogP contribution in [0.2, 0.25) is 5.28 Å². The molecule has 5 N–H and O–H groups in total. The van der Waals surface area contributed by atoms with Gasteiger partial charge >= 0.3 is 106 Å². The molecule has 0 unspecified atom stereocenters. The zero-order valence-corrected chi connectivity index (χ0v) is 35.5. The number of halogens is 1. The minimum Gasteiger partial charge on any atom is -0.871 e. The molecule has 0 aliphatic carbocycles. The molecule has 0 saturated carbocycles. The average molecular weight is 841 g/mol. The van der Waals surface area contributed by atoms with Crippen molar-refractivity contribution in [3.05, 3.63) is 47.7 Å². The van der Waals surface area contributed by atoms with Crippen molar-refractivity contribution in [3.63, 3.8) is 0 Å². The van der Waals surface area contributed by atoms with Gasteiger partial charge in [0, 0.05) is 27.2 Å². The van der Waals surface area contributed by atoms with Gasteiger partial charge in [0.2, 0.25) is 17.2 Å².